The molecule has 2 aliphatic rings. The van der Waals surface area contributed by atoms with Crippen LogP contribution in [0, 0.1) is 0 Å². The van der Waals surface area contributed by atoms with Gasteiger partial charge in [-0.1, -0.05) is 30.3 Å². The van der Waals surface area contributed by atoms with Crippen LogP contribution in [0.15, 0.2) is 48.5 Å². The lowest BCUT2D eigenvalue weighted by atomic mass is 10.1. The van der Waals surface area contributed by atoms with E-state index >= 15 is 0 Å². The highest BCUT2D eigenvalue weighted by Gasteiger charge is 2.31. The van der Waals surface area contributed by atoms with E-state index in [-0.39, 0.29) is 6.61 Å². The summed E-state index contributed by atoms with van der Waals surface area (Å²) in [5.74, 6) is 0.872. The Morgan fingerprint density at radius 1 is 0.800 bits per heavy atom. The number of hydrazine groups is 1. The van der Waals surface area contributed by atoms with E-state index in [1.807, 2.05) is 30.3 Å². The smallest absolute Gasteiger partial charge is 0.283 e. The minimum Gasteiger partial charge on any atom is -0.485 e. The van der Waals surface area contributed by atoms with E-state index in [0.717, 1.165) is 5.56 Å². The summed E-state index contributed by atoms with van der Waals surface area (Å²) in [5.41, 5.74) is 5.71. The fourth-order valence-electron chi connectivity index (χ4n) is 2.76. The summed E-state index contributed by atoms with van der Waals surface area (Å²) in [6.45, 7) is 0.0735. The summed E-state index contributed by atoms with van der Waals surface area (Å²) in [4.78, 5) is 24.4. The maximum atomic E-state index is 12.2. The third-order valence-electron chi connectivity index (χ3n) is 4.05. The zero-order chi connectivity index (χ0) is 17.2. The number of ether oxygens (including phenoxy) is 3. The Morgan fingerprint density at radius 2 is 1.40 bits per heavy atom. The molecule has 7 heteroatoms. The third-order valence-corrected chi connectivity index (χ3v) is 4.05. The number of benzene rings is 2. The van der Waals surface area contributed by atoms with E-state index < -0.39 is 24.0 Å². The molecule has 4 rings (SSSR count). The van der Waals surface area contributed by atoms with Crippen LogP contribution in [0.5, 0.6) is 17.2 Å². The second-order valence-electron chi connectivity index (χ2n) is 5.76. The van der Waals surface area contributed by atoms with Crippen LogP contribution in [0.25, 0.3) is 0 Å². The number of hydrogen-bond acceptors (Lipinski definition) is 5. The lowest BCUT2D eigenvalue weighted by Crippen LogP contribution is -2.53. The highest BCUT2D eigenvalue weighted by molar-refractivity contribution is 5.87. The average Bonchev–Trinajstić information content (AvgIpc) is 3.09. The van der Waals surface area contributed by atoms with E-state index in [9.17, 15) is 9.59 Å². The van der Waals surface area contributed by atoms with E-state index in [0.29, 0.717) is 23.7 Å². The van der Waals surface area contributed by atoms with Crippen LogP contribution >= 0.6 is 0 Å². The van der Waals surface area contributed by atoms with Crippen molar-refractivity contribution in [2.24, 2.45) is 0 Å². The van der Waals surface area contributed by atoms with Crippen molar-refractivity contribution in [1.82, 2.24) is 10.9 Å². The van der Waals surface area contributed by atoms with Crippen molar-refractivity contribution >= 4 is 11.8 Å². The highest BCUT2D eigenvalue weighted by atomic mass is 16.6. The first kappa shape index (κ1) is 15.3. The van der Waals surface area contributed by atoms with Gasteiger partial charge >= 0.3 is 0 Å². The molecule has 25 heavy (non-hydrogen) atoms. The molecule has 2 aromatic rings. The number of amides is 2. The molecule has 0 bridgehead atoms. The van der Waals surface area contributed by atoms with E-state index in [1.54, 1.807) is 18.2 Å². The predicted molar refractivity (Wildman–Crippen MR) is 87.2 cm³/mol. The van der Waals surface area contributed by atoms with Crippen LogP contribution < -0.4 is 25.1 Å². The molecule has 2 atom stereocenters. The molecule has 0 saturated heterocycles. The normalized spacial score (nSPS) is 20.2. The number of para-hydroxylation sites is 3. The molecule has 0 aromatic heterocycles. The molecule has 2 N–H and O–H groups in total. The molecule has 2 aliphatic heterocycles. The molecule has 2 aromatic carbocycles. The lowest BCUT2D eigenvalue weighted by Gasteiger charge is -2.25. The van der Waals surface area contributed by atoms with Gasteiger partial charge in [-0.2, -0.15) is 0 Å². The van der Waals surface area contributed by atoms with Gasteiger partial charge in [0, 0.05) is 6.42 Å². The largest absolute Gasteiger partial charge is 0.485 e. The molecule has 0 saturated carbocycles. The van der Waals surface area contributed by atoms with Gasteiger partial charge in [-0.15, -0.1) is 0 Å². The second kappa shape index (κ2) is 6.35. The quantitative estimate of drug-likeness (QED) is 0.796. The summed E-state index contributed by atoms with van der Waals surface area (Å²) in [6, 6.07) is 14.6. The maximum absolute atomic E-state index is 12.2. The van der Waals surface area contributed by atoms with Crippen LogP contribution in [0.1, 0.15) is 5.56 Å². The molecule has 2 amide bonds. The Labute approximate surface area is 143 Å². The molecule has 0 unspecified atom stereocenters. The number of carbonyl (C=O) groups excluding carboxylic acids is 2. The van der Waals surface area contributed by atoms with Crippen molar-refractivity contribution in [3.63, 3.8) is 0 Å². The molecule has 7 nitrogen and oxygen atoms in total. The van der Waals surface area contributed by atoms with Crippen LogP contribution in [0.2, 0.25) is 0 Å². The summed E-state index contributed by atoms with van der Waals surface area (Å²) in [6.07, 6.45) is -1.03. The van der Waals surface area contributed by atoms with Crippen LogP contribution in [-0.4, -0.2) is 30.6 Å². The lowest BCUT2D eigenvalue weighted by molar-refractivity contribution is -0.137. The molecule has 2 heterocycles. The minimum absolute atomic E-state index is 0.0735. The molecule has 0 fully saturated rings. The molecule has 0 aliphatic carbocycles. The van der Waals surface area contributed by atoms with Crippen LogP contribution in [0.4, 0.5) is 0 Å². The molecular weight excluding hydrogens is 324 g/mol. The van der Waals surface area contributed by atoms with E-state index in [4.69, 9.17) is 14.2 Å². The van der Waals surface area contributed by atoms with E-state index in [1.165, 1.54) is 0 Å². The fraction of sp³-hybridized carbons (Fsp3) is 0.222. The van der Waals surface area contributed by atoms with Gasteiger partial charge in [0.25, 0.3) is 11.8 Å². The summed E-state index contributed by atoms with van der Waals surface area (Å²) in [7, 11) is 0. The van der Waals surface area contributed by atoms with Gasteiger partial charge in [-0.3, -0.25) is 20.4 Å². The molecule has 0 radical (unpaired) electrons. The third kappa shape index (κ3) is 3.08. The monoisotopic (exact) mass is 340 g/mol. The zero-order valence-electron chi connectivity index (χ0n) is 13.2. The fourth-order valence-corrected chi connectivity index (χ4v) is 2.76. The van der Waals surface area contributed by atoms with Gasteiger partial charge in [0.2, 0.25) is 6.10 Å². The first-order valence-electron chi connectivity index (χ1n) is 7.93. The van der Waals surface area contributed by atoms with Crippen molar-refractivity contribution < 1.29 is 23.8 Å². The van der Waals surface area contributed by atoms with Crippen molar-refractivity contribution in [2.75, 3.05) is 6.61 Å². The van der Waals surface area contributed by atoms with Gasteiger partial charge in [-0.05, 0) is 23.8 Å². The van der Waals surface area contributed by atoms with Gasteiger partial charge in [0.15, 0.2) is 17.6 Å². The summed E-state index contributed by atoms with van der Waals surface area (Å²) >= 11 is 0. The van der Waals surface area contributed by atoms with Gasteiger partial charge in [0.1, 0.15) is 12.4 Å². The van der Waals surface area contributed by atoms with Crippen LogP contribution in [-0.2, 0) is 16.0 Å². The Morgan fingerprint density at radius 3 is 2.16 bits per heavy atom. The van der Waals surface area contributed by atoms with Crippen LogP contribution in [0.3, 0.4) is 0 Å². The summed E-state index contributed by atoms with van der Waals surface area (Å²) in [5, 5.41) is 0. The average molecular weight is 340 g/mol. The topological polar surface area (TPSA) is 85.9 Å². The van der Waals surface area contributed by atoms with Crippen molar-refractivity contribution in [3.8, 4) is 17.2 Å². The standard InChI is InChI=1S/C18H16N2O5/c21-17(15-9-11-5-1-2-6-12(11)24-15)19-20-18(22)16-10-23-13-7-3-4-8-14(13)25-16/h1-8,15-16H,9-10H2,(H,19,21)(H,20,22)/t15-,16-/m1/s1. The molecule has 128 valence electrons. The zero-order valence-corrected chi connectivity index (χ0v) is 13.2. The first-order chi connectivity index (χ1) is 12.2. The van der Waals surface area contributed by atoms with Crippen molar-refractivity contribution in [2.45, 2.75) is 18.6 Å². The highest BCUT2D eigenvalue weighted by Crippen LogP contribution is 2.31. The molecular formula is C18H16N2O5. The summed E-state index contributed by atoms with van der Waals surface area (Å²) < 4.78 is 16.6. The number of nitrogens with one attached hydrogen (secondary N) is 2. The maximum Gasteiger partial charge on any atom is 0.283 e. The first-order valence-corrected chi connectivity index (χ1v) is 7.93. The number of fused-ring (bicyclic) bond motifs is 2. The van der Waals surface area contributed by atoms with E-state index in [2.05, 4.69) is 10.9 Å². The number of carbonyl (C=O) groups is 2. The Kier molecular flexibility index (Phi) is 3.89. The van der Waals surface area contributed by atoms with Gasteiger partial charge in [-0.25, -0.2) is 0 Å². The van der Waals surface area contributed by atoms with Crippen molar-refractivity contribution in [3.05, 3.63) is 54.1 Å². The number of hydrogen-bond donors (Lipinski definition) is 2. The molecule has 0 spiro atoms. The number of rotatable bonds is 2. The van der Waals surface area contributed by atoms with Gasteiger partial charge in [0.05, 0.1) is 0 Å². The predicted octanol–water partition coefficient (Wildman–Crippen LogP) is 0.978. The Bertz CT molecular complexity index is 798. The SMILES string of the molecule is O=C(NNC(=O)[C@H]1COc2ccccc2O1)[C@H]1Cc2ccccc2O1. The Hall–Kier alpha value is -3.22. The Balaban J connectivity index is 1.30. The van der Waals surface area contributed by atoms with Crippen molar-refractivity contribution in [1.29, 1.82) is 0 Å². The second-order valence-corrected chi connectivity index (χ2v) is 5.76. The van der Waals surface area contributed by atoms with Gasteiger partial charge < -0.3 is 14.2 Å². The minimum atomic E-state index is -0.836.